The third-order valence-electron chi connectivity index (χ3n) is 3.64. The lowest BCUT2D eigenvalue weighted by Crippen LogP contribution is -2.25. The lowest BCUT2D eigenvalue weighted by atomic mass is 10.0. The first-order valence-electron chi connectivity index (χ1n) is 6.96. The number of hydrogen-bond donors (Lipinski definition) is 1. The van der Waals surface area contributed by atoms with Gasteiger partial charge in [0.1, 0.15) is 17.3 Å². The van der Waals surface area contributed by atoms with E-state index < -0.39 is 11.6 Å². The zero-order valence-corrected chi connectivity index (χ0v) is 11.4. The quantitative estimate of drug-likeness (QED) is 0.935. The van der Waals surface area contributed by atoms with Crippen molar-refractivity contribution in [2.45, 2.75) is 32.7 Å². The van der Waals surface area contributed by atoms with Crippen molar-refractivity contribution in [1.29, 1.82) is 0 Å². The van der Waals surface area contributed by atoms with Gasteiger partial charge in [0.2, 0.25) is 0 Å². The molecule has 1 aromatic carbocycles. The molecule has 20 heavy (non-hydrogen) atoms. The number of aryl methyl sites for hydroxylation is 1. The molecule has 1 aliphatic heterocycles. The van der Waals surface area contributed by atoms with Gasteiger partial charge in [0.25, 0.3) is 0 Å². The molecule has 0 fully saturated rings. The van der Waals surface area contributed by atoms with E-state index >= 15 is 0 Å². The van der Waals surface area contributed by atoms with Gasteiger partial charge in [-0.15, -0.1) is 0 Å². The molecule has 3 rings (SSSR count). The molecule has 106 valence electrons. The minimum Gasteiger partial charge on any atom is -0.312 e. The van der Waals surface area contributed by atoms with Crippen LogP contribution in [0.4, 0.5) is 8.78 Å². The van der Waals surface area contributed by atoms with Crippen LogP contribution in [0.2, 0.25) is 0 Å². The summed E-state index contributed by atoms with van der Waals surface area (Å²) in [5, 5.41) is 7.83. The highest BCUT2D eigenvalue weighted by Gasteiger charge is 2.22. The topological polar surface area (TPSA) is 29.9 Å². The predicted molar refractivity (Wildman–Crippen MR) is 72.9 cm³/mol. The Morgan fingerprint density at radius 2 is 2.20 bits per heavy atom. The van der Waals surface area contributed by atoms with Gasteiger partial charge in [0.05, 0.1) is 11.4 Å². The molecule has 1 N–H and O–H groups in total. The lowest BCUT2D eigenvalue weighted by molar-refractivity contribution is 0.575. The summed E-state index contributed by atoms with van der Waals surface area (Å²) in [6, 6.07) is 3.49. The van der Waals surface area contributed by atoms with Crippen molar-refractivity contribution in [3.05, 3.63) is 46.8 Å². The van der Waals surface area contributed by atoms with Gasteiger partial charge in [0, 0.05) is 31.1 Å². The summed E-state index contributed by atoms with van der Waals surface area (Å²) in [7, 11) is 0. The number of nitrogens with zero attached hydrogens (tertiary/aromatic N) is 2. The molecule has 0 aliphatic carbocycles. The first-order chi connectivity index (χ1) is 9.70. The van der Waals surface area contributed by atoms with Crippen molar-refractivity contribution in [1.82, 2.24) is 15.1 Å². The third-order valence-corrected chi connectivity index (χ3v) is 3.64. The Morgan fingerprint density at radius 1 is 1.35 bits per heavy atom. The summed E-state index contributed by atoms with van der Waals surface area (Å²) in [6.45, 7) is 3.67. The second-order valence-corrected chi connectivity index (χ2v) is 5.06. The molecule has 0 saturated carbocycles. The Morgan fingerprint density at radius 3 is 3.00 bits per heavy atom. The van der Waals surface area contributed by atoms with Gasteiger partial charge in [-0.3, -0.25) is 0 Å². The molecule has 5 heteroatoms. The normalized spacial score (nSPS) is 14.3. The van der Waals surface area contributed by atoms with Gasteiger partial charge in [-0.1, -0.05) is 13.3 Å². The third kappa shape index (κ3) is 2.22. The van der Waals surface area contributed by atoms with Crippen LogP contribution in [0, 0.1) is 11.6 Å². The standard InChI is InChI=1S/C15H17F2N3/c1-2-3-13-11-9-18-7-6-14(11)20(19-13)15-8-10(16)4-5-12(15)17/h4-5,8,18H,2-3,6-7,9H2,1H3. The smallest absolute Gasteiger partial charge is 0.149 e. The molecular weight excluding hydrogens is 260 g/mol. The first-order valence-corrected chi connectivity index (χ1v) is 6.96. The number of benzene rings is 1. The highest BCUT2D eigenvalue weighted by molar-refractivity contribution is 5.40. The molecule has 0 radical (unpaired) electrons. The Labute approximate surface area is 116 Å². The summed E-state index contributed by atoms with van der Waals surface area (Å²) >= 11 is 0. The van der Waals surface area contributed by atoms with Crippen molar-refractivity contribution in [3.63, 3.8) is 0 Å². The second-order valence-electron chi connectivity index (χ2n) is 5.06. The minimum atomic E-state index is -0.448. The zero-order chi connectivity index (χ0) is 14.1. The summed E-state index contributed by atoms with van der Waals surface area (Å²) in [5.74, 6) is -0.894. The van der Waals surface area contributed by atoms with Crippen LogP contribution in [0.1, 0.15) is 30.3 Å². The van der Waals surface area contributed by atoms with Crippen LogP contribution in [0.5, 0.6) is 0 Å². The van der Waals surface area contributed by atoms with E-state index in [4.69, 9.17) is 0 Å². The Balaban J connectivity index is 2.15. The number of hydrogen-bond acceptors (Lipinski definition) is 2. The molecule has 0 unspecified atom stereocenters. The van der Waals surface area contributed by atoms with Crippen molar-refractivity contribution in [2.24, 2.45) is 0 Å². The maximum Gasteiger partial charge on any atom is 0.149 e. The molecule has 0 amide bonds. The summed E-state index contributed by atoms with van der Waals surface area (Å²) in [4.78, 5) is 0. The Hall–Kier alpha value is -1.75. The average Bonchev–Trinajstić information content (AvgIpc) is 2.81. The van der Waals surface area contributed by atoms with E-state index in [0.717, 1.165) is 61.4 Å². The highest BCUT2D eigenvalue weighted by Crippen LogP contribution is 2.24. The first kappa shape index (κ1) is 13.2. The van der Waals surface area contributed by atoms with Gasteiger partial charge in [-0.25, -0.2) is 13.5 Å². The average molecular weight is 277 g/mol. The molecular formula is C15H17F2N3. The van der Waals surface area contributed by atoms with Gasteiger partial charge in [-0.05, 0) is 18.6 Å². The Kier molecular flexibility index (Phi) is 3.53. The fourth-order valence-corrected chi connectivity index (χ4v) is 2.70. The molecule has 0 saturated heterocycles. The largest absolute Gasteiger partial charge is 0.312 e. The van der Waals surface area contributed by atoms with E-state index in [1.165, 1.54) is 6.07 Å². The van der Waals surface area contributed by atoms with E-state index in [-0.39, 0.29) is 5.69 Å². The minimum absolute atomic E-state index is 0.200. The van der Waals surface area contributed by atoms with Crippen molar-refractivity contribution >= 4 is 0 Å². The van der Waals surface area contributed by atoms with Crippen LogP contribution in [-0.2, 0) is 19.4 Å². The van der Waals surface area contributed by atoms with Crippen molar-refractivity contribution in [3.8, 4) is 5.69 Å². The van der Waals surface area contributed by atoms with Crippen LogP contribution in [-0.4, -0.2) is 16.3 Å². The van der Waals surface area contributed by atoms with E-state index in [1.54, 1.807) is 4.68 Å². The molecule has 0 atom stereocenters. The summed E-state index contributed by atoms with van der Waals surface area (Å²) in [6.07, 6.45) is 2.62. The van der Waals surface area contributed by atoms with Gasteiger partial charge in [-0.2, -0.15) is 5.10 Å². The van der Waals surface area contributed by atoms with E-state index in [2.05, 4.69) is 17.3 Å². The Bertz CT molecular complexity index is 634. The maximum atomic E-state index is 14.0. The summed E-state index contributed by atoms with van der Waals surface area (Å²) < 4.78 is 29.0. The molecule has 2 heterocycles. The van der Waals surface area contributed by atoms with Crippen molar-refractivity contribution in [2.75, 3.05) is 6.54 Å². The second kappa shape index (κ2) is 5.32. The van der Waals surface area contributed by atoms with Crippen LogP contribution < -0.4 is 5.32 Å². The van der Waals surface area contributed by atoms with Crippen molar-refractivity contribution < 1.29 is 8.78 Å². The molecule has 3 nitrogen and oxygen atoms in total. The molecule has 1 aromatic heterocycles. The van der Waals surface area contributed by atoms with E-state index in [1.807, 2.05) is 0 Å². The number of halogens is 2. The maximum absolute atomic E-state index is 14.0. The number of aromatic nitrogens is 2. The van der Waals surface area contributed by atoms with E-state index in [9.17, 15) is 8.78 Å². The van der Waals surface area contributed by atoms with Crippen LogP contribution >= 0.6 is 0 Å². The SMILES string of the molecule is CCCc1nn(-c2cc(F)ccc2F)c2c1CNCC2. The molecule has 1 aliphatic rings. The number of rotatable bonds is 3. The fourth-order valence-electron chi connectivity index (χ4n) is 2.70. The predicted octanol–water partition coefficient (Wildman–Crippen LogP) is 2.75. The van der Waals surface area contributed by atoms with Crippen LogP contribution in [0.15, 0.2) is 18.2 Å². The lowest BCUT2D eigenvalue weighted by Gasteiger charge is -2.16. The van der Waals surface area contributed by atoms with Gasteiger partial charge in [0.15, 0.2) is 0 Å². The zero-order valence-electron chi connectivity index (χ0n) is 11.4. The molecule has 0 spiro atoms. The molecule has 2 aromatic rings. The number of fused-ring (bicyclic) bond motifs is 1. The van der Waals surface area contributed by atoms with Crippen LogP contribution in [0.25, 0.3) is 5.69 Å². The van der Waals surface area contributed by atoms with Gasteiger partial charge >= 0.3 is 0 Å². The van der Waals surface area contributed by atoms with Gasteiger partial charge < -0.3 is 5.32 Å². The van der Waals surface area contributed by atoms with Crippen LogP contribution in [0.3, 0.4) is 0 Å². The molecule has 0 bridgehead atoms. The van der Waals surface area contributed by atoms with E-state index in [0.29, 0.717) is 0 Å². The summed E-state index contributed by atoms with van der Waals surface area (Å²) in [5.41, 5.74) is 3.32. The number of nitrogens with one attached hydrogen (secondary N) is 1. The monoisotopic (exact) mass is 277 g/mol. The fraction of sp³-hybridized carbons (Fsp3) is 0.400. The highest BCUT2D eigenvalue weighted by atomic mass is 19.1.